The van der Waals surface area contributed by atoms with Crippen LogP contribution in [-0.4, -0.2) is 42.0 Å². The average molecular weight is 252 g/mol. The van der Waals surface area contributed by atoms with Crippen LogP contribution in [0.1, 0.15) is 23.2 Å². The lowest BCUT2D eigenvalue weighted by Crippen LogP contribution is -2.30. The number of hydrogen-bond donors (Lipinski definition) is 0. The second-order valence-electron chi connectivity index (χ2n) is 4.58. The molecule has 0 bridgehead atoms. The molecular weight excluding hydrogens is 236 g/mol. The Morgan fingerprint density at radius 2 is 2.22 bits per heavy atom. The van der Waals surface area contributed by atoms with Gasteiger partial charge >= 0.3 is 5.97 Å². The molecule has 0 N–H and O–H groups in total. The summed E-state index contributed by atoms with van der Waals surface area (Å²) in [7, 11) is 1.36. The highest BCUT2D eigenvalue weighted by molar-refractivity contribution is 5.93. The summed E-state index contributed by atoms with van der Waals surface area (Å²) < 4.78 is 9.81. The fraction of sp³-hybridized carbons (Fsp3) is 0.583. The normalized spacial score (nSPS) is 23.2. The van der Waals surface area contributed by atoms with Crippen molar-refractivity contribution in [3.05, 3.63) is 17.8 Å². The number of aromatic nitrogens is 1. The quantitative estimate of drug-likeness (QED) is 0.730. The third-order valence-corrected chi connectivity index (χ3v) is 3.34. The molecular formula is C12H16N2O4. The van der Waals surface area contributed by atoms with Crippen molar-refractivity contribution in [1.82, 2.24) is 9.88 Å². The number of amides is 1. The maximum absolute atomic E-state index is 12.2. The van der Waals surface area contributed by atoms with E-state index in [2.05, 4.69) is 4.98 Å². The van der Waals surface area contributed by atoms with Gasteiger partial charge in [0.2, 0.25) is 5.76 Å². The Kier molecular flexibility index (Phi) is 3.36. The van der Waals surface area contributed by atoms with Crippen molar-refractivity contribution in [3.8, 4) is 0 Å². The third-order valence-electron chi connectivity index (χ3n) is 3.34. The third kappa shape index (κ3) is 2.10. The molecule has 0 aromatic carbocycles. The number of oxazole rings is 1. The average Bonchev–Trinajstić information content (AvgIpc) is 2.93. The Balaban J connectivity index is 2.11. The molecule has 2 atom stereocenters. The fourth-order valence-electron chi connectivity index (χ4n) is 2.24. The first-order chi connectivity index (χ1) is 8.54. The van der Waals surface area contributed by atoms with Gasteiger partial charge in [-0.2, -0.15) is 0 Å². The lowest BCUT2D eigenvalue weighted by molar-refractivity contribution is -0.146. The van der Waals surface area contributed by atoms with E-state index in [-0.39, 0.29) is 29.5 Å². The lowest BCUT2D eigenvalue weighted by atomic mass is 9.99. The molecule has 1 aromatic rings. The second kappa shape index (κ2) is 4.80. The smallest absolute Gasteiger partial charge is 0.310 e. The minimum absolute atomic E-state index is 0.0876. The molecule has 1 aliphatic heterocycles. The summed E-state index contributed by atoms with van der Waals surface area (Å²) in [6.07, 6.45) is 1.25. The van der Waals surface area contributed by atoms with Crippen molar-refractivity contribution in [2.75, 3.05) is 20.2 Å². The molecule has 1 aromatic heterocycles. The van der Waals surface area contributed by atoms with Crippen LogP contribution < -0.4 is 0 Å². The number of carbonyl (C=O) groups excluding carboxylic acids is 2. The number of aryl methyl sites for hydroxylation is 1. The van der Waals surface area contributed by atoms with Crippen molar-refractivity contribution in [3.63, 3.8) is 0 Å². The SMILES string of the molecule is COC(=O)C1CN(C(=O)c2ocnc2C)CC1C. The van der Waals surface area contributed by atoms with Gasteiger partial charge in [-0.05, 0) is 12.8 Å². The fourth-order valence-corrected chi connectivity index (χ4v) is 2.24. The Morgan fingerprint density at radius 3 is 2.78 bits per heavy atom. The van der Waals surface area contributed by atoms with Gasteiger partial charge in [-0.15, -0.1) is 0 Å². The molecule has 2 unspecified atom stereocenters. The maximum atomic E-state index is 12.2. The van der Waals surface area contributed by atoms with E-state index in [0.717, 1.165) is 0 Å². The van der Waals surface area contributed by atoms with E-state index in [1.807, 2.05) is 6.92 Å². The number of esters is 1. The van der Waals surface area contributed by atoms with Gasteiger partial charge in [-0.3, -0.25) is 9.59 Å². The number of ether oxygens (including phenoxy) is 1. The highest BCUT2D eigenvalue weighted by atomic mass is 16.5. The monoisotopic (exact) mass is 252 g/mol. The van der Waals surface area contributed by atoms with Crippen molar-refractivity contribution in [2.24, 2.45) is 11.8 Å². The highest BCUT2D eigenvalue weighted by Gasteiger charge is 2.39. The zero-order chi connectivity index (χ0) is 13.3. The van der Waals surface area contributed by atoms with E-state index in [0.29, 0.717) is 18.8 Å². The van der Waals surface area contributed by atoms with Gasteiger partial charge in [0.1, 0.15) is 0 Å². The lowest BCUT2D eigenvalue weighted by Gasteiger charge is -2.14. The molecule has 1 aliphatic rings. The Hall–Kier alpha value is -1.85. The molecule has 0 spiro atoms. The predicted molar refractivity (Wildman–Crippen MR) is 61.8 cm³/mol. The number of hydrogen-bond acceptors (Lipinski definition) is 5. The summed E-state index contributed by atoms with van der Waals surface area (Å²) in [6, 6.07) is 0. The zero-order valence-corrected chi connectivity index (χ0v) is 10.7. The largest absolute Gasteiger partial charge is 0.469 e. The number of carbonyl (C=O) groups is 2. The van der Waals surface area contributed by atoms with Gasteiger partial charge < -0.3 is 14.1 Å². The standard InChI is InChI=1S/C12H16N2O4/c1-7-4-14(5-9(7)12(16)17-3)11(15)10-8(2)13-6-18-10/h6-7,9H,4-5H2,1-3H3. The number of likely N-dealkylation sites (tertiary alicyclic amines) is 1. The van der Waals surface area contributed by atoms with Gasteiger partial charge in [0, 0.05) is 13.1 Å². The molecule has 0 saturated carbocycles. The van der Waals surface area contributed by atoms with Crippen LogP contribution in [0.15, 0.2) is 10.8 Å². The first-order valence-electron chi connectivity index (χ1n) is 5.81. The van der Waals surface area contributed by atoms with Crippen molar-refractivity contribution in [1.29, 1.82) is 0 Å². The van der Waals surface area contributed by atoms with Crippen LogP contribution >= 0.6 is 0 Å². The van der Waals surface area contributed by atoms with E-state index in [1.54, 1.807) is 11.8 Å². The van der Waals surface area contributed by atoms with E-state index in [9.17, 15) is 9.59 Å². The summed E-state index contributed by atoms with van der Waals surface area (Å²) in [5, 5.41) is 0. The van der Waals surface area contributed by atoms with E-state index < -0.39 is 0 Å². The molecule has 2 heterocycles. The molecule has 1 amide bonds. The summed E-state index contributed by atoms with van der Waals surface area (Å²) >= 11 is 0. The van der Waals surface area contributed by atoms with Crippen LogP contribution in [0.5, 0.6) is 0 Å². The highest BCUT2D eigenvalue weighted by Crippen LogP contribution is 2.25. The number of methoxy groups -OCH3 is 1. The summed E-state index contributed by atoms with van der Waals surface area (Å²) in [5.41, 5.74) is 0.564. The van der Waals surface area contributed by atoms with E-state index in [4.69, 9.17) is 9.15 Å². The van der Waals surface area contributed by atoms with Crippen molar-refractivity contribution >= 4 is 11.9 Å². The molecule has 1 fully saturated rings. The minimum Gasteiger partial charge on any atom is -0.469 e. The molecule has 6 nitrogen and oxygen atoms in total. The minimum atomic E-state index is -0.271. The van der Waals surface area contributed by atoms with Gasteiger partial charge in [0.05, 0.1) is 18.7 Å². The molecule has 1 saturated heterocycles. The molecule has 0 aliphatic carbocycles. The van der Waals surface area contributed by atoms with E-state index in [1.165, 1.54) is 13.5 Å². The van der Waals surface area contributed by atoms with Crippen LogP contribution in [0.25, 0.3) is 0 Å². The topological polar surface area (TPSA) is 72.6 Å². The molecule has 18 heavy (non-hydrogen) atoms. The summed E-state index contributed by atoms with van der Waals surface area (Å²) in [4.78, 5) is 29.2. The van der Waals surface area contributed by atoms with E-state index >= 15 is 0 Å². The van der Waals surface area contributed by atoms with Crippen LogP contribution in [-0.2, 0) is 9.53 Å². The Morgan fingerprint density at radius 1 is 1.50 bits per heavy atom. The van der Waals surface area contributed by atoms with Crippen LogP contribution in [0.4, 0.5) is 0 Å². The predicted octanol–water partition coefficient (Wildman–Crippen LogP) is 0.864. The molecule has 2 rings (SSSR count). The zero-order valence-electron chi connectivity index (χ0n) is 10.7. The Labute approximate surface area is 105 Å². The first-order valence-corrected chi connectivity index (χ1v) is 5.81. The molecule has 6 heteroatoms. The van der Waals surface area contributed by atoms with Crippen LogP contribution in [0.3, 0.4) is 0 Å². The van der Waals surface area contributed by atoms with Gasteiger partial charge in [-0.25, -0.2) is 4.98 Å². The van der Waals surface area contributed by atoms with Crippen molar-refractivity contribution < 1.29 is 18.7 Å². The first kappa shape index (κ1) is 12.6. The number of rotatable bonds is 2. The van der Waals surface area contributed by atoms with Crippen LogP contribution in [0.2, 0.25) is 0 Å². The summed E-state index contributed by atoms with van der Waals surface area (Å²) in [6.45, 7) is 4.54. The van der Waals surface area contributed by atoms with Gasteiger partial charge in [0.15, 0.2) is 6.39 Å². The maximum Gasteiger partial charge on any atom is 0.310 e. The Bertz CT molecular complexity index is 468. The number of nitrogens with zero attached hydrogens (tertiary/aromatic N) is 2. The van der Waals surface area contributed by atoms with Gasteiger partial charge in [-0.1, -0.05) is 6.92 Å². The molecule has 98 valence electrons. The summed E-state index contributed by atoms with van der Waals surface area (Å²) in [5.74, 6) is -0.421. The molecule has 0 radical (unpaired) electrons. The van der Waals surface area contributed by atoms with Crippen LogP contribution in [0, 0.1) is 18.8 Å². The van der Waals surface area contributed by atoms with Gasteiger partial charge in [0.25, 0.3) is 5.91 Å². The van der Waals surface area contributed by atoms with Crippen molar-refractivity contribution in [2.45, 2.75) is 13.8 Å². The second-order valence-corrected chi connectivity index (χ2v) is 4.58.